The highest BCUT2D eigenvalue weighted by molar-refractivity contribution is 9.11. The summed E-state index contributed by atoms with van der Waals surface area (Å²) in [5.41, 5.74) is 0.999. The molecule has 1 unspecified atom stereocenters. The molecule has 0 radical (unpaired) electrons. The number of anilines is 1. The summed E-state index contributed by atoms with van der Waals surface area (Å²) < 4.78 is 12.6. The van der Waals surface area contributed by atoms with E-state index in [1.165, 1.54) is 0 Å². The number of rotatable bonds is 5. The van der Waals surface area contributed by atoms with Crippen molar-refractivity contribution in [1.82, 2.24) is 0 Å². The van der Waals surface area contributed by atoms with Crippen LogP contribution in [0, 0.1) is 0 Å². The summed E-state index contributed by atoms with van der Waals surface area (Å²) in [6, 6.07) is 8.08. The molecule has 1 aromatic carbocycles. The Morgan fingerprint density at radius 3 is 2.74 bits per heavy atom. The van der Waals surface area contributed by atoms with Crippen LogP contribution in [0.2, 0.25) is 0 Å². The molecule has 0 spiro atoms. The third-order valence-electron chi connectivity index (χ3n) is 2.73. The van der Waals surface area contributed by atoms with Gasteiger partial charge in [-0.1, -0.05) is 0 Å². The maximum atomic E-state index is 5.35. The number of nitrogens with one attached hydrogen (secondary N) is 1. The highest BCUT2D eigenvalue weighted by Gasteiger charge is 2.11. The number of furan rings is 1. The molecular weight excluding hydrogens is 374 g/mol. The fraction of sp³-hybridized carbons (Fsp3) is 0.286. The second kappa shape index (κ2) is 6.48. The van der Waals surface area contributed by atoms with Crippen LogP contribution >= 0.6 is 31.9 Å². The van der Waals surface area contributed by atoms with Crippen LogP contribution in [0.15, 0.2) is 43.9 Å². The lowest BCUT2D eigenvalue weighted by atomic mass is 10.2. The van der Waals surface area contributed by atoms with Gasteiger partial charge in [-0.05, 0) is 57.0 Å². The second-order valence-electron chi connectivity index (χ2n) is 4.30. The summed E-state index contributed by atoms with van der Waals surface area (Å²) in [4.78, 5) is 0. The van der Waals surface area contributed by atoms with Crippen molar-refractivity contribution in [3.05, 3.63) is 45.2 Å². The Balaban J connectivity index is 2.09. The maximum absolute atomic E-state index is 5.35. The van der Waals surface area contributed by atoms with E-state index in [1.54, 1.807) is 13.4 Å². The largest absolute Gasteiger partial charge is 0.495 e. The Bertz CT molecular complexity index is 541. The number of methoxy groups -OCH3 is 1. The minimum Gasteiger partial charge on any atom is -0.495 e. The number of benzene rings is 1. The third kappa shape index (κ3) is 3.76. The SMILES string of the molecule is COc1cc(NC(C)Cc2ccco2)c(Br)cc1Br. The van der Waals surface area contributed by atoms with Gasteiger partial charge in [0, 0.05) is 23.0 Å². The minimum absolute atomic E-state index is 0.258. The van der Waals surface area contributed by atoms with Crippen molar-refractivity contribution in [1.29, 1.82) is 0 Å². The predicted molar refractivity (Wildman–Crippen MR) is 83.9 cm³/mol. The van der Waals surface area contributed by atoms with E-state index in [0.717, 1.165) is 32.6 Å². The summed E-state index contributed by atoms with van der Waals surface area (Å²) in [5, 5.41) is 3.44. The molecule has 2 aromatic rings. The van der Waals surface area contributed by atoms with Crippen LogP contribution in [0.4, 0.5) is 5.69 Å². The molecule has 1 heterocycles. The lowest BCUT2D eigenvalue weighted by molar-refractivity contribution is 0.412. The van der Waals surface area contributed by atoms with Gasteiger partial charge in [0.05, 0.1) is 23.5 Å². The van der Waals surface area contributed by atoms with Gasteiger partial charge in [0.1, 0.15) is 11.5 Å². The molecule has 19 heavy (non-hydrogen) atoms. The molecule has 1 atom stereocenters. The zero-order chi connectivity index (χ0) is 13.8. The van der Waals surface area contributed by atoms with E-state index in [9.17, 15) is 0 Å². The summed E-state index contributed by atoms with van der Waals surface area (Å²) in [6.07, 6.45) is 2.53. The maximum Gasteiger partial charge on any atom is 0.135 e. The van der Waals surface area contributed by atoms with Crippen LogP contribution in [-0.4, -0.2) is 13.2 Å². The van der Waals surface area contributed by atoms with E-state index in [0.29, 0.717) is 0 Å². The Morgan fingerprint density at radius 1 is 1.32 bits per heavy atom. The van der Waals surface area contributed by atoms with E-state index >= 15 is 0 Å². The van der Waals surface area contributed by atoms with E-state index in [-0.39, 0.29) is 6.04 Å². The van der Waals surface area contributed by atoms with Gasteiger partial charge >= 0.3 is 0 Å². The van der Waals surface area contributed by atoms with Crippen LogP contribution in [0.5, 0.6) is 5.75 Å². The monoisotopic (exact) mass is 387 g/mol. The molecule has 1 N–H and O–H groups in total. The molecule has 0 aliphatic carbocycles. The molecule has 1 aromatic heterocycles. The second-order valence-corrected chi connectivity index (χ2v) is 6.00. The van der Waals surface area contributed by atoms with E-state index < -0.39 is 0 Å². The molecule has 0 aliphatic rings. The van der Waals surface area contributed by atoms with E-state index in [4.69, 9.17) is 9.15 Å². The Morgan fingerprint density at radius 2 is 2.11 bits per heavy atom. The van der Waals surface area contributed by atoms with Crippen molar-refractivity contribution in [2.24, 2.45) is 0 Å². The number of hydrogen-bond donors (Lipinski definition) is 1. The zero-order valence-electron chi connectivity index (χ0n) is 10.7. The highest BCUT2D eigenvalue weighted by atomic mass is 79.9. The molecule has 0 fully saturated rings. The molecule has 3 nitrogen and oxygen atoms in total. The van der Waals surface area contributed by atoms with Gasteiger partial charge < -0.3 is 14.5 Å². The van der Waals surface area contributed by atoms with Crippen molar-refractivity contribution in [2.75, 3.05) is 12.4 Å². The van der Waals surface area contributed by atoms with Gasteiger partial charge in [0.2, 0.25) is 0 Å². The topological polar surface area (TPSA) is 34.4 Å². The Kier molecular flexibility index (Phi) is 4.93. The van der Waals surface area contributed by atoms with Gasteiger partial charge in [0.25, 0.3) is 0 Å². The first kappa shape index (κ1) is 14.5. The summed E-state index contributed by atoms with van der Waals surface area (Å²) in [5.74, 6) is 1.77. The molecule has 0 amide bonds. The predicted octanol–water partition coefficient (Wildman–Crippen LogP) is 4.86. The fourth-order valence-electron chi connectivity index (χ4n) is 1.84. The summed E-state index contributed by atoms with van der Waals surface area (Å²) >= 11 is 7.00. The number of hydrogen-bond acceptors (Lipinski definition) is 3. The first-order valence-corrected chi connectivity index (χ1v) is 7.50. The molecule has 0 saturated carbocycles. The molecular formula is C14H15Br2NO2. The summed E-state index contributed by atoms with van der Waals surface area (Å²) in [7, 11) is 1.66. The van der Waals surface area contributed by atoms with E-state index in [1.807, 2.05) is 24.3 Å². The van der Waals surface area contributed by atoms with Crippen molar-refractivity contribution in [3.63, 3.8) is 0 Å². The minimum atomic E-state index is 0.258. The van der Waals surface area contributed by atoms with Crippen LogP contribution in [-0.2, 0) is 6.42 Å². The standard InChI is InChI=1S/C14H15Br2NO2/c1-9(6-10-4-3-5-19-10)17-13-8-14(18-2)12(16)7-11(13)15/h3-5,7-9,17H,6H2,1-2H3. The van der Waals surface area contributed by atoms with Crippen LogP contribution in [0.3, 0.4) is 0 Å². The molecule has 0 bridgehead atoms. The highest BCUT2D eigenvalue weighted by Crippen LogP contribution is 2.34. The lowest BCUT2D eigenvalue weighted by Crippen LogP contribution is -2.18. The first-order chi connectivity index (χ1) is 9.10. The van der Waals surface area contributed by atoms with E-state index in [2.05, 4.69) is 44.1 Å². The smallest absolute Gasteiger partial charge is 0.135 e. The average molecular weight is 389 g/mol. The van der Waals surface area contributed by atoms with Gasteiger partial charge in [0.15, 0.2) is 0 Å². The van der Waals surface area contributed by atoms with Gasteiger partial charge in [-0.25, -0.2) is 0 Å². The van der Waals surface area contributed by atoms with Crippen molar-refractivity contribution < 1.29 is 9.15 Å². The Labute approximate surface area is 129 Å². The Hall–Kier alpha value is -0.940. The number of halogens is 2. The van der Waals surface area contributed by atoms with Crippen LogP contribution in [0.1, 0.15) is 12.7 Å². The molecule has 0 saturated heterocycles. The third-order valence-corrected chi connectivity index (χ3v) is 4.01. The molecule has 0 aliphatic heterocycles. The fourth-order valence-corrected chi connectivity index (χ4v) is 3.11. The zero-order valence-corrected chi connectivity index (χ0v) is 13.9. The van der Waals surface area contributed by atoms with Gasteiger partial charge in [-0.3, -0.25) is 0 Å². The van der Waals surface area contributed by atoms with Crippen LogP contribution in [0.25, 0.3) is 0 Å². The normalized spacial score (nSPS) is 12.2. The molecule has 2 rings (SSSR count). The molecule has 5 heteroatoms. The molecule has 102 valence electrons. The number of ether oxygens (including phenoxy) is 1. The van der Waals surface area contributed by atoms with Crippen molar-refractivity contribution in [2.45, 2.75) is 19.4 Å². The lowest BCUT2D eigenvalue weighted by Gasteiger charge is -2.17. The van der Waals surface area contributed by atoms with Crippen LogP contribution < -0.4 is 10.1 Å². The first-order valence-electron chi connectivity index (χ1n) is 5.92. The van der Waals surface area contributed by atoms with Gasteiger partial charge in [-0.15, -0.1) is 0 Å². The van der Waals surface area contributed by atoms with Gasteiger partial charge in [-0.2, -0.15) is 0 Å². The van der Waals surface area contributed by atoms with Crippen molar-refractivity contribution >= 4 is 37.5 Å². The summed E-state index contributed by atoms with van der Waals surface area (Å²) in [6.45, 7) is 2.11. The quantitative estimate of drug-likeness (QED) is 0.794. The van der Waals surface area contributed by atoms with Crippen molar-refractivity contribution in [3.8, 4) is 5.75 Å². The average Bonchev–Trinajstić information content (AvgIpc) is 2.85.